The molecule has 0 unspecified atom stereocenters. The van der Waals surface area contributed by atoms with Gasteiger partial charge in [0.1, 0.15) is 6.04 Å². The molecule has 94 valence electrons. The largest absolute Gasteiger partial charge is 0.368 e. The van der Waals surface area contributed by atoms with Crippen molar-refractivity contribution in [3.63, 3.8) is 0 Å². The predicted molar refractivity (Wildman–Crippen MR) is 65.6 cm³/mol. The molecule has 1 aromatic carbocycles. The average molecular weight is 257 g/mol. The molecule has 0 saturated carbocycles. The molecule has 0 radical (unpaired) electrons. The number of anilines is 1. The van der Waals surface area contributed by atoms with Crippen LogP contribution in [0.4, 0.5) is 5.69 Å². The fourth-order valence-corrected chi connectivity index (χ4v) is 1.84. The second-order valence-electron chi connectivity index (χ2n) is 3.51. The highest BCUT2D eigenvalue weighted by molar-refractivity contribution is 7.92. The van der Waals surface area contributed by atoms with Gasteiger partial charge in [-0.05, 0) is 24.6 Å². The topological polar surface area (TPSA) is 115 Å². The third-order valence-corrected chi connectivity index (χ3v) is 3.51. The number of nitrogens with two attached hydrogens (primary N) is 2. The number of hydrogen-bond acceptors (Lipinski definition) is 4. The first-order valence-corrected chi connectivity index (χ1v) is 6.66. The van der Waals surface area contributed by atoms with E-state index in [0.29, 0.717) is 11.3 Å². The van der Waals surface area contributed by atoms with Crippen LogP contribution in [-0.2, 0) is 14.8 Å². The van der Waals surface area contributed by atoms with Crippen molar-refractivity contribution in [2.45, 2.75) is 13.0 Å². The van der Waals surface area contributed by atoms with Crippen LogP contribution in [0.15, 0.2) is 24.3 Å². The number of amides is 1. The molecule has 1 aromatic rings. The molecule has 0 spiro atoms. The smallest absolute Gasteiger partial charge is 0.238 e. The lowest BCUT2D eigenvalue weighted by atomic mass is 10.1. The maximum atomic E-state index is 11.3. The van der Waals surface area contributed by atoms with Crippen LogP contribution in [0.25, 0.3) is 0 Å². The number of nitrogens with one attached hydrogen (secondary N) is 1. The number of rotatable bonds is 5. The highest BCUT2D eigenvalue weighted by Gasteiger charge is 2.13. The Morgan fingerprint density at radius 3 is 2.65 bits per heavy atom. The summed E-state index contributed by atoms with van der Waals surface area (Å²) in [6, 6.07) is 5.33. The molecule has 0 aromatic heterocycles. The lowest BCUT2D eigenvalue weighted by Gasteiger charge is -2.11. The number of carbonyl (C=O) groups is 1. The predicted octanol–water partition coefficient (Wildman–Crippen LogP) is -0.0667. The number of benzene rings is 1. The van der Waals surface area contributed by atoms with E-state index in [4.69, 9.17) is 11.5 Å². The molecule has 0 heterocycles. The van der Waals surface area contributed by atoms with Gasteiger partial charge in [-0.3, -0.25) is 9.52 Å². The van der Waals surface area contributed by atoms with Crippen molar-refractivity contribution in [3.8, 4) is 0 Å². The zero-order valence-electron chi connectivity index (χ0n) is 9.38. The van der Waals surface area contributed by atoms with Crippen LogP contribution in [0, 0.1) is 0 Å². The second-order valence-corrected chi connectivity index (χ2v) is 5.52. The Balaban J connectivity index is 2.98. The van der Waals surface area contributed by atoms with E-state index in [1.54, 1.807) is 18.2 Å². The Hall–Kier alpha value is -1.60. The van der Waals surface area contributed by atoms with Crippen molar-refractivity contribution in [3.05, 3.63) is 29.8 Å². The zero-order chi connectivity index (χ0) is 13.1. The molecule has 0 aliphatic heterocycles. The Morgan fingerprint density at radius 2 is 2.12 bits per heavy atom. The molecular weight excluding hydrogens is 242 g/mol. The van der Waals surface area contributed by atoms with Gasteiger partial charge >= 0.3 is 0 Å². The minimum Gasteiger partial charge on any atom is -0.368 e. The SMILES string of the molecule is CCS(=O)(=O)Nc1cccc([C@@H](N)C(N)=O)c1. The number of carbonyl (C=O) groups excluding carboxylic acids is 1. The Kier molecular flexibility index (Phi) is 4.08. The molecule has 17 heavy (non-hydrogen) atoms. The number of hydrogen-bond donors (Lipinski definition) is 3. The lowest BCUT2D eigenvalue weighted by molar-refractivity contribution is -0.119. The van der Waals surface area contributed by atoms with Crippen LogP contribution in [0.3, 0.4) is 0 Å². The van der Waals surface area contributed by atoms with Crippen LogP contribution in [-0.4, -0.2) is 20.1 Å². The summed E-state index contributed by atoms with van der Waals surface area (Å²) < 4.78 is 25.1. The van der Waals surface area contributed by atoms with Gasteiger partial charge in [0.25, 0.3) is 0 Å². The van der Waals surface area contributed by atoms with Gasteiger partial charge in [0.2, 0.25) is 15.9 Å². The van der Waals surface area contributed by atoms with E-state index in [0.717, 1.165) is 0 Å². The molecule has 7 heteroatoms. The lowest BCUT2D eigenvalue weighted by Crippen LogP contribution is -2.28. The third kappa shape index (κ3) is 3.72. The summed E-state index contributed by atoms with van der Waals surface area (Å²) in [5.74, 6) is -0.695. The first kappa shape index (κ1) is 13.5. The van der Waals surface area contributed by atoms with Crippen molar-refractivity contribution in [1.82, 2.24) is 0 Å². The first-order valence-electron chi connectivity index (χ1n) is 5.01. The van der Waals surface area contributed by atoms with E-state index in [2.05, 4.69) is 4.72 Å². The van der Waals surface area contributed by atoms with Crippen molar-refractivity contribution in [2.24, 2.45) is 11.5 Å². The van der Waals surface area contributed by atoms with Crippen LogP contribution in [0.1, 0.15) is 18.5 Å². The van der Waals surface area contributed by atoms with Crippen molar-refractivity contribution in [2.75, 3.05) is 10.5 Å². The standard InChI is InChI=1S/C10H15N3O3S/c1-2-17(15,16)13-8-5-3-4-7(6-8)9(11)10(12)14/h3-6,9,13H,2,11H2,1H3,(H2,12,14)/t9-/m1/s1. The minimum atomic E-state index is -3.34. The maximum absolute atomic E-state index is 11.3. The molecule has 6 nitrogen and oxygen atoms in total. The van der Waals surface area contributed by atoms with Crippen LogP contribution < -0.4 is 16.2 Å². The van der Waals surface area contributed by atoms with Crippen LogP contribution >= 0.6 is 0 Å². The minimum absolute atomic E-state index is 0.0287. The summed E-state index contributed by atoms with van der Waals surface area (Å²) >= 11 is 0. The highest BCUT2D eigenvalue weighted by atomic mass is 32.2. The number of primary amides is 1. The van der Waals surface area contributed by atoms with Crippen molar-refractivity contribution < 1.29 is 13.2 Å². The summed E-state index contributed by atoms with van der Waals surface area (Å²) in [6.07, 6.45) is 0. The van der Waals surface area contributed by atoms with E-state index >= 15 is 0 Å². The summed E-state index contributed by atoms with van der Waals surface area (Å²) in [6.45, 7) is 1.53. The van der Waals surface area contributed by atoms with E-state index in [-0.39, 0.29) is 5.75 Å². The fraction of sp³-hybridized carbons (Fsp3) is 0.300. The summed E-state index contributed by atoms with van der Waals surface area (Å²) in [7, 11) is -3.34. The third-order valence-electron chi connectivity index (χ3n) is 2.21. The van der Waals surface area contributed by atoms with Gasteiger partial charge in [-0.15, -0.1) is 0 Å². The van der Waals surface area contributed by atoms with Crippen LogP contribution in [0.5, 0.6) is 0 Å². The van der Waals surface area contributed by atoms with Gasteiger partial charge in [-0.2, -0.15) is 0 Å². The Morgan fingerprint density at radius 1 is 1.47 bits per heavy atom. The highest BCUT2D eigenvalue weighted by Crippen LogP contribution is 2.16. The van der Waals surface area contributed by atoms with Gasteiger partial charge in [0.15, 0.2) is 0 Å². The molecule has 1 atom stereocenters. The van der Waals surface area contributed by atoms with Gasteiger partial charge < -0.3 is 11.5 Å². The van der Waals surface area contributed by atoms with Crippen molar-refractivity contribution >= 4 is 21.6 Å². The Labute approximate surface area is 100 Å². The molecule has 5 N–H and O–H groups in total. The quantitative estimate of drug-likeness (QED) is 0.685. The first-order chi connectivity index (χ1) is 7.85. The van der Waals surface area contributed by atoms with E-state index in [1.165, 1.54) is 13.0 Å². The summed E-state index contributed by atoms with van der Waals surface area (Å²) in [4.78, 5) is 10.9. The van der Waals surface area contributed by atoms with Gasteiger partial charge in [-0.1, -0.05) is 12.1 Å². The van der Waals surface area contributed by atoms with Gasteiger partial charge in [0, 0.05) is 5.69 Å². The van der Waals surface area contributed by atoms with Crippen LogP contribution in [0.2, 0.25) is 0 Å². The molecule has 0 saturated heterocycles. The summed E-state index contributed by atoms with van der Waals surface area (Å²) in [5, 5.41) is 0. The van der Waals surface area contributed by atoms with Crippen molar-refractivity contribution in [1.29, 1.82) is 0 Å². The molecule has 0 fully saturated rings. The monoisotopic (exact) mass is 257 g/mol. The average Bonchev–Trinajstić information content (AvgIpc) is 2.27. The molecule has 1 amide bonds. The second kappa shape index (κ2) is 5.15. The zero-order valence-corrected chi connectivity index (χ0v) is 10.2. The molecule has 0 aliphatic rings. The molecule has 0 aliphatic carbocycles. The van der Waals surface area contributed by atoms with E-state index < -0.39 is 22.0 Å². The Bertz CT molecular complexity index is 513. The number of sulfonamides is 1. The molecule has 1 rings (SSSR count). The maximum Gasteiger partial charge on any atom is 0.238 e. The van der Waals surface area contributed by atoms with E-state index in [1.807, 2.05) is 0 Å². The normalized spacial score (nSPS) is 13.1. The van der Waals surface area contributed by atoms with Gasteiger partial charge in [-0.25, -0.2) is 8.42 Å². The molecular formula is C10H15N3O3S. The fourth-order valence-electron chi connectivity index (χ4n) is 1.21. The van der Waals surface area contributed by atoms with Gasteiger partial charge in [0.05, 0.1) is 5.75 Å². The summed E-state index contributed by atoms with van der Waals surface area (Å²) in [5.41, 5.74) is 11.4. The van der Waals surface area contributed by atoms with E-state index in [9.17, 15) is 13.2 Å². The molecule has 0 bridgehead atoms.